The number of aromatic nitrogens is 1. The van der Waals surface area contributed by atoms with E-state index in [0.29, 0.717) is 5.56 Å². The van der Waals surface area contributed by atoms with Crippen LogP contribution in [0.5, 0.6) is 0 Å². The molecular weight excluding hydrogens is 310 g/mol. The van der Waals surface area contributed by atoms with Gasteiger partial charge in [0, 0.05) is 23.5 Å². The quantitative estimate of drug-likeness (QED) is 0.651. The summed E-state index contributed by atoms with van der Waals surface area (Å²) < 4.78 is 5.32. The summed E-state index contributed by atoms with van der Waals surface area (Å²) in [5.74, 6) is 0.828. The molecule has 0 N–H and O–H groups in total. The molecule has 1 aromatic heterocycles. The van der Waals surface area contributed by atoms with E-state index in [0.717, 1.165) is 40.5 Å². The van der Waals surface area contributed by atoms with Crippen LogP contribution in [0.15, 0.2) is 47.0 Å². The molecule has 0 bridgehead atoms. The van der Waals surface area contributed by atoms with E-state index < -0.39 is 0 Å². The van der Waals surface area contributed by atoms with Crippen LogP contribution < -0.4 is 4.90 Å². The van der Waals surface area contributed by atoms with Crippen LogP contribution >= 0.6 is 0 Å². The Morgan fingerprint density at radius 1 is 1.08 bits per heavy atom. The van der Waals surface area contributed by atoms with Crippen molar-refractivity contribution in [2.45, 2.75) is 27.7 Å². The van der Waals surface area contributed by atoms with Gasteiger partial charge >= 0.3 is 0 Å². The lowest BCUT2D eigenvalue weighted by Crippen LogP contribution is -2.17. The van der Waals surface area contributed by atoms with Crippen LogP contribution in [-0.4, -0.2) is 11.7 Å². The van der Waals surface area contributed by atoms with Crippen molar-refractivity contribution in [3.63, 3.8) is 0 Å². The highest BCUT2D eigenvalue weighted by Gasteiger charge is 2.16. The van der Waals surface area contributed by atoms with E-state index in [1.807, 2.05) is 38.1 Å². The van der Waals surface area contributed by atoms with Crippen molar-refractivity contribution in [2.24, 2.45) is 0 Å². The standard InChI is InChI=1S/C21H21N3O/c1-5-24(19-10-7-17(13-22)8-11-19)20-12-18(9-6-14(20)2)21-15(3)23-25-16(21)4/h6-12H,5H2,1-4H3. The number of nitriles is 1. The monoisotopic (exact) mass is 331 g/mol. The van der Waals surface area contributed by atoms with Gasteiger partial charge in [0.25, 0.3) is 0 Å². The minimum Gasteiger partial charge on any atom is -0.361 e. The van der Waals surface area contributed by atoms with E-state index in [1.165, 1.54) is 5.56 Å². The van der Waals surface area contributed by atoms with Gasteiger partial charge in [0.1, 0.15) is 5.76 Å². The lowest BCUT2D eigenvalue weighted by Gasteiger charge is -2.26. The van der Waals surface area contributed by atoms with Crippen LogP contribution in [0.4, 0.5) is 11.4 Å². The molecule has 0 radical (unpaired) electrons. The summed E-state index contributed by atoms with van der Waals surface area (Å²) in [6, 6.07) is 16.3. The van der Waals surface area contributed by atoms with Gasteiger partial charge in [0.15, 0.2) is 0 Å². The maximum absolute atomic E-state index is 9.00. The van der Waals surface area contributed by atoms with Crippen molar-refractivity contribution in [1.82, 2.24) is 5.16 Å². The fraction of sp³-hybridized carbons (Fsp3) is 0.238. The van der Waals surface area contributed by atoms with Crippen LogP contribution in [0.2, 0.25) is 0 Å². The van der Waals surface area contributed by atoms with Gasteiger partial charge in [-0.25, -0.2) is 0 Å². The Balaban J connectivity index is 2.08. The number of anilines is 2. The highest BCUT2D eigenvalue weighted by atomic mass is 16.5. The zero-order valence-electron chi connectivity index (χ0n) is 15.0. The van der Waals surface area contributed by atoms with Crippen LogP contribution in [0.1, 0.15) is 29.5 Å². The molecule has 0 fully saturated rings. The molecule has 0 amide bonds. The maximum Gasteiger partial charge on any atom is 0.141 e. The number of nitrogens with zero attached hydrogens (tertiary/aromatic N) is 3. The molecule has 1 heterocycles. The normalized spacial score (nSPS) is 10.5. The van der Waals surface area contributed by atoms with Crippen molar-refractivity contribution in [1.29, 1.82) is 5.26 Å². The number of aryl methyl sites for hydroxylation is 3. The predicted octanol–water partition coefficient (Wildman–Crippen LogP) is 5.30. The zero-order valence-corrected chi connectivity index (χ0v) is 15.0. The average molecular weight is 331 g/mol. The number of hydrogen-bond donors (Lipinski definition) is 0. The first-order valence-electron chi connectivity index (χ1n) is 8.36. The van der Waals surface area contributed by atoms with E-state index >= 15 is 0 Å². The smallest absolute Gasteiger partial charge is 0.141 e. The minimum absolute atomic E-state index is 0.668. The Morgan fingerprint density at radius 3 is 2.36 bits per heavy atom. The molecule has 3 aromatic rings. The lowest BCUT2D eigenvalue weighted by molar-refractivity contribution is 0.393. The molecule has 0 aliphatic rings. The molecular formula is C21H21N3O. The Labute approximate surface area is 148 Å². The topological polar surface area (TPSA) is 53.1 Å². The van der Waals surface area contributed by atoms with Crippen LogP contribution in [0.25, 0.3) is 11.1 Å². The molecule has 0 saturated heterocycles. The van der Waals surface area contributed by atoms with E-state index in [9.17, 15) is 0 Å². The first-order chi connectivity index (χ1) is 12.0. The Bertz CT molecular complexity index is 913. The van der Waals surface area contributed by atoms with E-state index in [4.69, 9.17) is 9.78 Å². The summed E-state index contributed by atoms with van der Waals surface area (Å²) in [6.45, 7) is 8.97. The third-order valence-electron chi connectivity index (χ3n) is 4.45. The molecule has 126 valence electrons. The molecule has 25 heavy (non-hydrogen) atoms. The van der Waals surface area contributed by atoms with Gasteiger partial charge in [-0.15, -0.1) is 0 Å². The minimum atomic E-state index is 0.668. The van der Waals surface area contributed by atoms with E-state index in [1.54, 1.807) is 0 Å². The molecule has 0 atom stereocenters. The molecule has 4 heteroatoms. The second-order valence-corrected chi connectivity index (χ2v) is 6.10. The summed E-state index contributed by atoms with van der Waals surface area (Å²) in [5.41, 5.74) is 7.13. The van der Waals surface area contributed by atoms with Gasteiger partial charge in [-0.1, -0.05) is 17.3 Å². The number of rotatable bonds is 4. The predicted molar refractivity (Wildman–Crippen MR) is 100.0 cm³/mol. The fourth-order valence-electron chi connectivity index (χ4n) is 3.16. The van der Waals surface area contributed by atoms with Crippen molar-refractivity contribution in [2.75, 3.05) is 11.4 Å². The van der Waals surface area contributed by atoms with Crippen LogP contribution in [0.3, 0.4) is 0 Å². The molecule has 0 aliphatic carbocycles. The van der Waals surface area contributed by atoms with Gasteiger partial charge in [0.05, 0.1) is 17.3 Å². The summed E-state index contributed by atoms with van der Waals surface area (Å²) in [4.78, 5) is 2.25. The molecule has 4 nitrogen and oxygen atoms in total. The third kappa shape index (κ3) is 3.14. The molecule has 0 unspecified atom stereocenters. The maximum atomic E-state index is 9.00. The van der Waals surface area contributed by atoms with E-state index in [2.05, 4.69) is 48.2 Å². The molecule has 0 saturated carbocycles. The van der Waals surface area contributed by atoms with Gasteiger partial charge in [-0.2, -0.15) is 5.26 Å². The number of benzene rings is 2. The van der Waals surface area contributed by atoms with Gasteiger partial charge in [0.2, 0.25) is 0 Å². The molecule has 2 aromatic carbocycles. The van der Waals surface area contributed by atoms with Crippen molar-refractivity contribution in [3.8, 4) is 17.2 Å². The summed E-state index contributed by atoms with van der Waals surface area (Å²) >= 11 is 0. The summed E-state index contributed by atoms with van der Waals surface area (Å²) in [7, 11) is 0. The SMILES string of the molecule is CCN(c1ccc(C#N)cc1)c1cc(-c2c(C)noc2C)ccc1C. The summed E-state index contributed by atoms with van der Waals surface area (Å²) in [5, 5.41) is 13.1. The van der Waals surface area contributed by atoms with Crippen molar-refractivity contribution in [3.05, 3.63) is 65.0 Å². The second kappa shape index (κ2) is 6.82. The average Bonchev–Trinajstić information content (AvgIpc) is 2.96. The van der Waals surface area contributed by atoms with Gasteiger partial charge in [-0.05, 0) is 69.2 Å². The van der Waals surface area contributed by atoms with E-state index in [-0.39, 0.29) is 0 Å². The lowest BCUT2D eigenvalue weighted by atomic mass is 10.0. The Kier molecular flexibility index (Phi) is 4.58. The van der Waals surface area contributed by atoms with Crippen LogP contribution in [-0.2, 0) is 0 Å². The Hall–Kier alpha value is -3.06. The molecule has 3 rings (SSSR count). The molecule has 0 aliphatic heterocycles. The Morgan fingerprint density at radius 2 is 1.80 bits per heavy atom. The molecule has 0 spiro atoms. The van der Waals surface area contributed by atoms with Gasteiger partial charge < -0.3 is 9.42 Å². The summed E-state index contributed by atoms with van der Waals surface area (Å²) in [6.07, 6.45) is 0. The van der Waals surface area contributed by atoms with Crippen molar-refractivity contribution >= 4 is 11.4 Å². The largest absolute Gasteiger partial charge is 0.361 e. The zero-order chi connectivity index (χ0) is 18.0. The second-order valence-electron chi connectivity index (χ2n) is 6.10. The van der Waals surface area contributed by atoms with Gasteiger partial charge in [-0.3, -0.25) is 0 Å². The van der Waals surface area contributed by atoms with Crippen molar-refractivity contribution < 1.29 is 4.52 Å². The number of hydrogen-bond acceptors (Lipinski definition) is 4. The van der Waals surface area contributed by atoms with Crippen LogP contribution in [0, 0.1) is 32.1 Å². The first-order valence-corrected chi connectivity index (χ1v) is 8.36. The fourth-order valence-corrected chi connectivity index (χ4v) is 3.16. The first kappa shape index (κ1) is 16.8. The highest BCUT2D eigenvalue weighted by Crippen LogP contribution is 2.34. The highest BCUT2D eigenvalue weighted by molar-refractivity contribution is 5.76. The third-order valence-corrected chi connectivity index (χ3v) is 4.45.